The van der Waals surface area contributed by atoms with E-state index in [1.807, 2.05) is 24.3 Å². The van der Waals surface area contributed by atoms with Crippen molar-refractivity contribution in [2.45, 2.75) is 25.9 Å². The van der Waals surface area contributed by atoms with E-state index in [1.165, 1.54) is 0 Å². The van der Waals surface area contributed by atoms with Crippen molar-refractivity contribution in [1.29, 1.82) is 5.26 Å². The Bertz CT molecular complexity index is 901. The number of hydrogen-bond acceptors (Lipinski definition) is 6. The molecule has 1 unspecified atom stereocenters. The van der Waals surface area contributed by atoms with E-state index in [4.69, 9.17) is 10.00 Å². The third-order valence-electron chi connectivity index (χ3n) is 4.80. The largest absolute Gasteiger partial charge is 0.452 e. The van der Waals surface area contributed by atoms with E-state index in [-0.39, 0.29) is 17.8 Å². The second-order valence-electron chi connectivity index (χ2n) is 6.85. The number of ether oxygens (including phenoxy) is 1. The van der Waals surface area contributed by atoms with Gasteiger partial charge in [-0.2, -0.15) is 5.26 Å². The average molecular weight is 457 g/mol. The second-order valence-corrected chi connectivity index (χ2v) is 7.77. The van der Waals surface area contributed by atoms with E-state index in [0.29, 0.717) is 37.2 Å². The van der Waals surface area contributed by atoms with Gasteiger partial charge in [0, 0.05) is 29.4 Å². The van der Waals surface area contributed by atoms with E-state index < -0.39 is 6.10 Å². The Morgan fingerprint density at radius 2 is 1.93 bits per heavy atom. The minimum absolute atomic E-state index is 0.243. The summed E-state index contributed by atoms with van der Waals surface area (Å²) in [6.07, 6.45) is 1.93. The van der Waals surface area contributed by atoms with Gasteiger partial charge in [0.05, 0.1) is 11.5 Å². The summed E-state index contributed by atoms with van der Waals surface area (Å²) in [5, 5.41) is 11.6. The number of nitriles is 1. The molecule has 1 aliphatic heterocycles. The van der Waals surface area contributed by atoms with E-state index in [9.17, 15) is 9.59 Å². The molecule has 1 fully saturated rings. The Morgan fingerprint density at radius 1 is 1.24 bits per heavy atom. The minimum atomic E-state index is -0.871. The molecule has 1 aromatic carbocycles. The van der Waals surface area contributed by atoms with Crippen molar-refractivity contribution >= 4 is 39.3 Å². The van der Waals surface area contributed by atoms with Gasteiger partial charge in [0.15, 0.2) is 6.10 Å². The van der Waals surface area contributed by atoms with Gasteiger partial charge in [-0.15, -0.1) is 0 Å². The maximum atomic E-state index is 12.5. The van der Waals surface area contributed by atoms with Gasteiger partial charge in [-0.3, -0.25) is 9.59 Å². The number of carbonyl (C=O) groups is 2. The molecule has 29 heavy (non-hydrogen) atoms. The van der Waals surface area contributed by atoms with Gasteiger partial charge in [-0.05, 0) is 56.2 Å². The molecule has 3 rings (SSSR count). The summed E-state index contributed by atoms with van der Waals surface area (Å²) in [7, 11) is 0. The smallest absolute Gasteiger partial charge is 0.309 e. The Kier molecular flexibility index (Phi) is 6.83. The van der Waals surface area contributed by atoms with Crippen LogP contribution in [0.15, 0.2) is 47.1 Å². The monoisotopic (exact) mass is 456 g/mol. The number of carbonyl (C=O) groups excluding carboxylic acids is 2. The summed E-state index contributed by atoms with van der Waals surface area (Å²) in [6, 6.07) is 12.8. The van der Waals surface area contributed by atoms with Crippen molar-refractivity contribution in [2.24, 2.45) is 5.92 Å². The molecule has 2 aromatic rings. The third kappa shape index (κ3) is 5.55. The lowest BCUT2D eigenvalue weighted by Crippen LogP contribution is -2.39. The predicted molar refractivity (Wildman–Crippen MR) is 112 cm³/mol. The highest BCUT2D eigenvalue weighted by Gasteiger charge is 2.29. The first-order chi connectivity index (χ1) is 14.0. The lowest BCUT2D eigenvalue weighted by atomic mass is 9.97. The molecule has 1 amide bonds. The van der Waals surface area contributed by atoms with Gasteiger partial charge >= 0.3 is 5.97 Å². The fraction of sp³-hybridized carbons (Fsp3) is 0.333. The van der Waals surface area contributed by atoms with Crippen molar-refractivity contribution in [3.8, 4) is 6.07 Å². The number of benzene rings is 1. The van der Waals surface area contributed by atoms with E-state index in [1.54, 1.807) is 31.3 Å². The molecule has 0 spiro atoms. The molecule has 0 saturated carbocycles. The van der Waals surface area contributed by atoms with Gasteiger partial charge in [0.1, 0.15) is 11.9 Å². The van der Waals surface area contributed by atoms with Crippen LogP contribution in [0.4, 0.5) is 11.5 Å². The zero-order chi connectivity index (χ0) is 20.8. The number of rotatable bonds is 5. The Hall–Kier alpha value is -2.92. The van der Waals surface area contributed by atoms with Crippen LogP contribution < -0.4 is 10.2 Å². The van der Waals surface area contributed by atoms with E-state index >= 15 is 0 Å². The van der Waals surface area contributed by atoms with Gasteiger partial charge in [-0.1, -0.05) is 15.9 Å². The molecule has 0 radical (unpaired) electrons. The van der Waals surface area contributed by atoms with Crippen LogP contribution in [-0.4, -0.2) is 36.1 Å². The van der Waals surface area contributed by atoms with Crippen molar-refractivity contribution in [1.82, 2.24) is 4.98 Å². The van der Waals surface area contributed by atoms with Crippen molar-refractivity contribution in [3.05, 3.63) is 52.6 Å². The number of hydrogen-bond donors (Lipinski definition) is 1. The van der Waals surface area contributed by atoms with Gasteiger partial charge < -0.3 is 15.0 Å². The second kappa shape index (κ2) is 9.52. The molecule has 1 aromatic heterocycles. The molecule has 1 N–H and O–H groups in total. The number of halogens is 1. The number of nitrogens with zero attached hydrogens (tertiary/aromatic N) is 3. The summed E-state index contributed by atoms with van der Waals surface area (Å²) >= 11 is 3.34. The normalized spacial score (nSPS) is 15.3. The first-order valence-corrected chi connectivity index (χ1v) is 10.1. The zero-order valence-corrected chi connectivity index (χ0v) is 17.6. The number of esters is 1. The number of anilines is 2. The van der Waals surface area contributed by atoms with Crippen LogP contribution in [0.1, 0.15) is 25.3 Å². The minimum Gasteiger partial charge on any atom is -0.452 e. The molecule has 8 heteroatoms. The molecular weight excluding hydrogens is 436 g/mol. The fourth-order valence-corrected chi connectivity index (χ4v) is 3.35. The Labute approximate surface area is 177 Å². The predicted octanol–water partition coefficient (Wildman–Crippen LogP) is 3.50. The maximum absolute atomic E-state index is 12.5. The topological polar surface area (TPSA) is 95.3 Å². The first-order valence-electron chi connectivity index (χ1n) is 9.34. The van der Waals surface area contributed by atoms with E-state index in [2.05, 4.69) is 31.1 Å². The van der Waals surface area contributed by atoms with Crippen LogP contribution in [0.3, 0.4) is 0 Å². The summed E-state index contributed by atoms with van der Waals surface area (Å²) < 4.78 is 6.30. The molecule has 0 aliphatic carbocycles. The quantitative estimate of drug-likeness (QED) is 0.691. The summed E-state index contributed by atoms with van der Waals surface area (Å²) in [5.74, 6) is -0.165. The van der Waals surface area contributed by atoms with Crippen LogP contribution in [0.2, 0.25) is 0 Å². The van der Waals surface area contributed by atoms with Crippen LogP contribution >= 0.6 is 15.9 Å². The lowest BCUT2D eigenvalue weighted by Gasteiger charge is -2.32. The number of aromatic nitrogens is 1. The standard InChI is InChI=1S/C21H21BrN4O3/c1-14(20(27)25-18-5-3-17(22)4-6-18)29-21(28)16-8-10-26(11-9-16)19-7-2-15(12-23)13-24-19/h2-7,13-14,16H,8-11H2,1H3,(H,25,27). The van der Waals surface area contributed by atoms with Crippen LogP contribution in [0, 0.1) is 17.2 Å². The Morgan fingerprint density at radius 3 is 2.52 bits per heavy atom. The molecule has 150 valence electrons. The zero-order valence-electron chi connectivity index (χ0n) is 16.0. The molecular formula is C21H21BrN4O3. The molecule has 7 nitrogen and oxygen atoms in total. The fourth-order valence-electron chi connectivity index (χ4n) is 3.08. The molecule has 1 aliphatic rings. The molecule has 2 heterocycles. The van der Waals surface area contributed by atoms with E-state index in [0.717, 1.165) is 10.3 Å². The highest BCUT2D eigenvalue weighted by molar-refractivity contribution is 9.10. The van der Waals surface area contributed by atoms with Gasteiger partial charge in [0.2, 0.25) is 0 Å². The number of pyridine rings is 1. The van der Waals surface area contributed by atoms with Gasteiger partial charge in [0.25, 0.3) is 5.91 Å². The molecule has 1 atom stereocenters. The van der Waals surface area contributed by atoms with Crippen LogP contribution in [0.5, 0.6) is 0 Å². The number of amides is 1. The summed E-state index contributed by atoms with van der Waals surface area (Å²) in [5.41, 5.74) is 1.16. The Balaban J connectivity index is 1.47. The molecule has 0 bridgehead atoms. The van der Waals surface area contributed by atoms with Crippen LogP contribution in [-0.2, 0) is 14.3 Å². The first kappa shape index (κ1) is 20.8. The van der Waals surface area contributed by atoms with Crippen molar-refractivity contribution < 1.29 is 14.3 Å². The van der Waals surface area contributed by atoms with Gasteiger partial charge in [-0.25, -0.2) is 4.98 Å². The average Bonchev–Trinajstić information content (AvgIpc) is 2.75. The number of piperidine rings is 1. The highest BCUT2D eigenvalue weighted by atomic mass is 79.9. The summed E-state index contributed by atoms with van der Waals surface area (Å²) in [4.78, 5) is 31.1. The number of nitrogens with one attached hydrogen (secondary N) is 1. The van der Waals surface area contributed by atoms with Crippen molar-refractivity contribution in [3.63, 3.8) is 0 Å². The van der Waals surface area contributed by atoms with Crippen molar-refractivity contribution in [2.75, 3.05) is 23.3 Å². The lowest BCUT2D eigenvalue weighted by molar-refractivity contribution is -0.157. The maximum Gasteiger partial charge on any atom is 0.309 e. The highest BCUT2D eigenvalue weighted by Crippen LogP contribution is 2.23. The third-order valence-corrected chi connectivity index (χ3v) is 5.33. The SMILES string of the molecule is CC(OC(=O)C1CCN(c2ccc(C#N)cn2)CC1)C(=O)Nc1ccc(Br)cc1. The molecule has 1 saturated heterocycles. The summed E-state index contributed by atoms with van der Waals surface area (Å²) in [6.45, 7) is 2.90. The van der Waals surface area contributed by atoms with Crippen LogP contribution in [0.25, 0.3) is 0 Å².